The first-order valence-electron chi connectivity index (χ1n) is 4.93. The fraction of sp³-hybridized carbons (Fsp3) is 0.0833. The van der Waals surface area contributed by atoms with Crippen LogP contribution in [-0.2, 0) is 0 Å². The van der Waals surface area contributed by atoms with Gasteiger partial charge in [-0.2, -0.15) is 0 Å². The Bertz CT molecular complexity index is 578. The molecule has 1 aromatic carbocycles. The number of hydrogen-bond donors (Lipinski definition) is 0. The van der Waals surface area contributed by atoms with E-state index in [2.05, 4.69) is 20.9 Å². The summed E-state index contributed by atoms with van der Waals surface area (Å²) in [6.45, 7) is 0. The number of hydrogen-bond acceptors (Lipinski definition) is 3. The Morgan fingerprint density at radius 2 is 1.83 bits per heavy atom. The summed E-state index contributed by atoms with van der Waals surface area (Å²) in [5.74, 6) is -1.08. The Labute approximate surface area is 110 Å². The van der Waals surface area contributed by atoms with Gasteiger partial charge in [0.2, 0.25) is 0 Å². The number of benzene rings is 1. The largest absolute Gasteiger partial charge is 0.494 e. The molecule has 0 spiro atoms. The highest BCUT2D eigenvalue weighted by atomic mass is 79.9. The molecule has 1 aromatic heterocycles. The normalized spacial score (nSPS) is 10.2. The minimum atomic E-state index is -0.610. The van der Waals surface area contributed by atoms with Crippen LogP contribution in [-0.4, -0.2) is 12.1 Å². The first-order valence-corrected chi connectivity index (χ1v) is 5.73. The van der Waals surface area contributed by atoms with Gasteiger partial charge in [0.15, 0.2) is 17.4 Å². The van der Waals surface area contributed by atoms with E-state index in [0.717, 1.165) is 0 Å². The monoisotopic (exact) mass is 315 g/mol. The fourth-order valence-corrected chi connectivity index (χ4v) is 1.58. The number of pyridine rings is 1. The maximum atomic E-state index is 13.4. The Morgan fingerprint density at radius 3 is 2.56 bits per heavy atom. The summed E-state index contributed by atoms with van der Waals surface area (Å²) in [7, 11) is 1.33. The molecule has 3 nitrogen and oxygen atoms in total. The van der Waals surface area contributed by atoms with Crippen LogP contribution in [0.5, 0.6) is 17.4 Å². The number of ether oxygens (including phenoxy) is 2. The molecule has 0 fully saturated rings. The van der Waals surface area contributed by atoms with Crippen LogP contribution < -0.4 is 9.47 Å². The van der Waals surface area contributed by atoms with Crippen molar-refractivity contribution < 1.29 is 18.3 Å². The standard InChI is InChI=1S/C12H8BrF2NO2/c1-17-10-6-7(2-3-8(10)14)18-12-9(15)4-5-11(13)16-12/h2-6H,1H3. The van der Waals surface area contributed by atoms with Crippen LogP contribution in [0.1, 0.15) is 0 Å². The van der Waals surface area contributed by atoms with Gasteiger partial charge in [-0.15, -0.1) is 0 Å². The van der Waals surface area contributed by atoms with Crippen LogP contribution in [0.25, 0.3) is 0 Å². The second-order valence-electron chi connectivity index (χ2n) is 3.32. The molecule has 0 radical (unpaired) electrons. The molecule has 2 rings (SSSR count). The summed E-state index contributed by atoms with van der Waals surface area (Å²) in [5.41, 5.74) is 0. The predicted molar refractivity (Wildman–Crippen MR) is 64.9 cm³/mol. The van der Waals surface area contributed by atoms with Crippen molar-refractivity contribution in [3.05, 3.63) is 46.6 Å². The van der Waals surface area contributed by atoms with Crippen molar-refractivity contribution in [1.29, 1.82) is 0 Å². The maximum absolute atomic E-state index is 13.4. The lowest BCUT2D eigenvalue weighted by atomic mass is 10.3. The quantitative estimate of drug-likeness (QED) is 0.804. The molecule has 0 N–H and O–H groups in total. The zero-order valence-electron chi connectivity index (χ0n) is 9.28. The second kappa shape index (κ2) is 5.30. The molecule has 0 atom stereocenters. The van der Waals surface area contributed by atoms with Crippen molar-refractivity contribution in [2.45, 2.75) is 0 Å². The lowest BCUT2D eigenvalue weighted by Crippen LogP contribution is -1.94. The molecular weight excluding hydrogens is 308 g/mol. The van der Waals surface area contributed by atoms with E-state index in [1.54, 1.807) is 0 Å². The molecule has 0 saturated carbocycles. The number of rotatable bonds is 3. The Hall–Kier alpha value is -1.69. The summed E-state index contributed by atoms with van der Waals surface area (Å²) in [4.78, 5) is 3.83. The average molecular weight is 316 g/mol. The van der Waals surface area contributed by atoms with Crippen LogP contribution >= 0.6 is 15.9 Å². The molecule has 0 aliphatic rings. The second-order valence-corrected chi connectivity index (χ2v) is 4.13. The van der Waals surface area contributed by atoms with Gasteiger partial charge in [-0.1, -0.05) is 0 Å². The number of methoxy groups -OCH3 is 1. The highest BCUT2D eigenvalue weighted by Crippen LogP contribution is 2.28. The van der Waals surface area contributed by atoms with Crippen molar-refractivity contribution in [1.82, 2.24) is 4.98 Å². The smallest absolute Gasteiger partial charge is 0.256 e. The van der Waals surface area contributed by atoms with Gasteiger partial charge < -0.3 is 9.47 Å². The Balaban J connectivity index is 2.31. The summed E-state index contributed by atoms with van der Waals surface area (Å²) in [6, 6.07) is 6.52. The summed E-state index contributed by atoms with van der Waals surface area (Å²) in [6.07, 6.45) is 0. The number of halogens is 3. The lowest BCUT2D eigenvalue weighted by Gasteiger charge is -2.08. The molecule has 0 saturated heterocycles. The zero-order chi connectivity index (χ0) is 13.1. The molecule has 94 valence electrons. The molecule has 6 heteroatoms. The molecule has 0 aliphatic carbocycles. The third kappa shape index (κ3) is 2.76. The van der Waals surface area contributed by atoms with Crippen molar-refractivity contribution in [3.8, 4) is 17.4 Å². The minimum absolute atomic E-state index is 0.0166. The van der Waals surface area contributed by atoms with Gasteiger partial charge in [-0.05, 0) is 40.2 Å². The van der Waals surface area contributed by atoms with E-state index in [9.17, 15) is 8.78 Å². The topological polar surface area (TPSA) is 31.4 Å². The van der Waals surface area contributed by atoms with E-state index >= 15 is 0 Å². The molecule has 0 bridgehead atoms. The predicted octanol–water partition coefficient (Wildman–Crippen LogP) is 3.92. The number of nitrogens with zero attached hydrogens (tertiary/aromatic N) is 1. The summed E-state index contributed by atoms with van der Waals surface area (Å²) < 4.78 is 37.0. The van der Waals surface area contributed by atoms with Gasteiger partial charge in [0, 0.05) is 6.07 Å². The first kappa shape index (κ1) is 12.8. The maximum Gasteiger partial charge on any atom is 0.256 e. The van der Waals surface area contributed by atoms with Crippen LogP contribution in [0.4, 0.5) is 8.78 Å². The van der Waals surface area contributed by atoms with E-state index < -0.39 is 11.6 Å². The number of aromatic nitrogens is 1. The van der Waals surface area contributed by atoms with Gasteiger partial charge in [-0.3, -0.25) is 0 Å². The molecule has 2 aromatic rings. The molecule has 0 unspecified atom stereocenters. The van der Waals surface area contributed by atoms with Crippen LogP contribution in [0.15, 0.2) is 34.9 Å². The van der Waals surface area contributed by atoms with Crippen molar-refractivity contribution in [3.63, 3.8) is 0 Å². The highest BCUT2D eigenvalue weighted by molar-refractivity contribution is 9.10. The average Bonchev–Trinajstić information content (AvgIpc) is 2.36. The van der Waals surface area contributed by atoms with Gasteiger partial charge in [0.1, 0.15) is 10.4 Å². The van der Waals surface area contributed by atoms with E-state index in [1.165, 1.54) is 37.4 Å². The Kier molecular flexibility index (Phi) is 3.76. The molecule has 0 aliphatic heterocycles. The van der Waals surface area contributed by atoms with Gasteiger partial charge in [0.25, 0.3) is 5.88 Å². The molecular formula is C12H8BrF2NO2. The summed E-state index contributed by atoms with van der Waals surface area (Å²) >= 11 is 3.11. The minimum Gasteiger partial charge on any atom is -0.494 e. The lowest BCUT2D eigenvalue weighted by molar-refractivity contribution is 0.377. The highest BCUT2D eigenvalue weighted by Gasteiger charge is 2.10. The van der Waals surface area contributed by atoms with E-state index in [1.807, 2.05) is 0 Å². The Morgan fingerprint density at radius 1 is 1.11 bits per heavy atom. The zero-order valence-corrected chi connectivity index (χ0v) is 10.9. The van der Waals surface area contributed by atoms with Crippen LogP contribution in [0.3, 0.4) is 0 Å². The van der Waals surface area contributed by atoms with Gasteiger partial charge in [-0.25, -0.2) is 13.8 Å². The van der Waals surface area contributed by atoms with E-state index in [4.69, 9.17) is 9.47 Å². The first-order chi connectivity index (χ1) is 8.60. The van der Waals surface area contributed by atoms with E-state index in [0.29, 0.717) is 4.60 Å². The molecule has 1 heterocycles. The van der Waals surface area contributed by atoms with E-state index in [-0.39, 0.29) is 17.4 Å². The van der Waals surface area contributed by atoms with Crippen LogP contribution in [0, 0.1) is 11.6 Å². The molecule has 0 amide bonds. The van der Waals surface area contributed by atoms with Crippen LogP contribution in [0.2, 0.25) is 0 Å². The van der Waals surface area contributed by atoms with Crippen molar-refractivity contribution in [2.24, 2.45) is 0 Å². The van der Waals surface area contributed by atoms with Gasteiger partial charge in [0.05, 0.1) is 7.11 Å². The SMILES string of the molecule is COc1cc(Oc2nc(Br)ccc2F)ccc1F. The van der Waals surface area contributed by atoms with Gasteiger partial charge >= 0.3 is 0 Å². The molecule has 18 heavy (non-hydrogen) atoms. The third-order valence-corrected chi connectivity index (χ3v) is 2.56. The van der Waals surface area contributed by atoms with Crippen molar-refractivity contribution >= 4 is 15.9 Å². The fourth-order valence-electron chi connectivity index (χ4n) is 1.29. The third-order valence-electron chi connectivity index (χ3n) is 2.12. The van der Waals surface area contributed by atoms with Crippen molar-refractivity contribution in [2.75, 3.05) is 7.11 Å². The summed E-state index contributed by atoms with van der Waals surface area (Å²) in [5, 5.41) is 0.